The molecule has 0 aliphatic carbocycles. The van der Waals surface area contributed by atoms with Crippen molar-refractivity contribution in [3.63, 3.8) is 0 Å². The molecule has 0 amide bonds. The van der Waals surface area contributed by atoms with Gasteiger partial charge in [-0.1, -0.05) is 36.9 Å². The SMILES string of the molecule is C=Cc1ccc(CCC(C)=O)cc1. The van der Waals surface area contributed by atoms with E-state index in [4.69, 9.17) is 0 Å². The predicted molar refractivity (Wildman–Crippen MR) is 55.5 cm³/mol. The maximum absolute atomic E-state index is 10.7. The molecule has 1 rings (SSSR count). The third kappa shape index (κ3) is 3.24. The first kappa shape index (κ1) is 9.72. The number of hydrogen-bond donors (Lipinski definition) is 0. The van der Waals surface area contributed by atoms with E-state index in [1.807, 2.05) is 30.3 Å². The molecule has 1 aromatic rings. The van der Waals surface area contributed by atoms with Crippen LogP contribution in [0, 0.1) is 0 Å². The van der Waals surface area contributed by atoms with Crippen molar-refractivity contribution < 1.29 is 4.79 Å². The first-order valence-electron chi connectivity index (χ1n) is 4.43. The van der Waals surface area contributed by atoms with Gasteiger partial charge in [0.1, 0.15) is 5.78 Å². The molecule has 1 heteroatoms. The molecule has 0 aliphatic heterocycles. The lowest BCUT2D eigenvalue weighted by molar-refractivity contribution is -0.116. The van der Waals surface area contributed by atoms with Crippen molar-refractivity contribution in [3.05, 3.63) is 42.0 Å². The first-order chi connectivity index (χ1) is 6.22. The van der Waals surface area contributed by atoms with Crippen LogP contribution < -0.4 is 0 Å². The molecule has 68 valence electrons. The van der Waals surface area contributed by atoms with Gasteiger partial charge in [-0.15, -0.1) is 0 Å². The van der Waals surface area contributed by atoms with E-state index in [2.05, 4.69) is 6.58 Å². The minimum atomic E-state index is 0.243. The van der Waals surface area contributed by atoms with Gasteiger partial charge < -0.3 is 4.79 Å². The summed E-state index contributed by atoms with van der Waals surface area (Å²) in [5.74, 6) is 0.243. The van der Waals surface area contributed by atoms with E-state index in [9.17, 15) is 4.79 Å². The Bertz CT molecular complexity index is 295. The fourth-order valence-electron chi connectivity index (χ4n) is 1.14. The largest absolute Gasteiger partial charge is 0.300 e. The Balaban J connectivity index is 2.59. The smallest absolute Gasteiger partial charge is 0.130 e. The highest BCUT2D eigenvalue weighted by atomic mass is 16.1. The molecule has 0 aromatic heterocycles. The lowest BCUT2D eigenvalue weighted by atomic mass is 10.1. The maximum atomic E-state index is 10.7. The summed E-state index contributed by atoms with van der Waals surface area (Å²) in [5, 5.41) is 0. The highest BCUT2D eigenvalue weighted by Crippen LogP contribution is 2.07. The number of rotatable bonds is 4. The molecule has 0 N–H and O–H groups in total. The van der Waals surface area contributed by atoms with Crippen molar-refractivity contribution in [2.45, 2.75) is 19.8 Å². The molecule has 0 bridgehead atoms. The molecule has 0 radical (unpaired) electrons. The van der Waals surface area contributed by atoms with Gasteiger partial charge >= 0.3 is 0 Å². The number of hydrogen-bond acceptors (Lipinski definition) is 1. The summed E-state index contributed by atoms with van der Waals surface area (Å²) in [7, 11) is 0. The standard InChI is InChI=1S/C12H14O/c1-3-11-6-8-12(9-7-11)5-4-10(2)13/h3,6-9H,1,4-5H2,2H3. The van der Waals surface area contributed by atoms with Crippen molar-refractivity contribution in [2.24, 2.45) is 0 Å². The second-order valence-corrected chi connectivity index (χ2v) is 3.15. The molecule has 0 aliphatic rings. The summed E-state index contributed by atoms with van der Waals surface area (Å²) in [6, 6.07) is 8.12. The average Bonchev–Trinajstić information content (AvgIpc) is 2.15. The van der Waals surface area contributed by atoms with Crippen molar-refractivity contribution in [1.82, 2.24) is 0 Å². The van der Waals surface area contributed by atoms with Crippen LogP contribution in [0.15, 0.2) is 30.8 Å². The molecular formula is C12H14O. The molecule has 0 heterocycles. The van der Waals surface area contributed by atoms with Gasteiger partial charge in [-0.25, -0.2) is 0 Å². The van der Waals surface area contributed by atoms with Crippen LogP contribution in [0.1, 0.15) is 24.5 Å². The predicted octanol–water partition coefficient (Wildman–Crippen LogP) is 2.85. The zero-order chi connectivity index (χ0) is 9.68. The van der Waals surface area contributed by atoms with Crippen LogP contribution >= 0.6 is 0 Å². The molecule has 0 unspecified atom stereocenters. The van der Waals surface area contributed by atoms with Gasteiger partial charge in [-0.05, 0) is 24.5 Å². The number of ketones is 1. The Morgan fingerprint density at radius 1 is 1.38 bits per heavy atom. The maximum Gasteiger partial charge on any atom is 0.130 e. The molecular weight excluding hydrogens is 160 g/mol. The number of carbonyl (C=O) groups is 1. The van der Waals surface area contributed by atoms with E-state index in [0.29, 0.717) is 6.42 Å². The van der Waals surface area contributed by atoms with E-state index < -0.39 is 0 Å². The molecule has 0 fully saturated rings. The molecule has 0 atom stereocenters. The molecule has 0 saturated carbocycles. The van der Waals surface area contributed by atoms with Crippen LogP contribution in [0.2, 0.25) is 0 Å². The van der Waals surface area contributed by atoms with Gasteiger partial charge in [-0.3, -0.25) is 0 Å². The van der Waals surface area contributed by atoms with Gasteiger partial charge in [0, 0.05) is 6.42 Å². The Morgan fingerprint density at radius 2 is 2.00 bits per heavy atom. The van der Waals surface area contributed by atoms with Crippen LogP contribution in [0.4, 0.5) is 0 Å². The minimum absolute atomic E-state index is 0.243. The second-order valence-electron chi connectivity index (χ2n) is 3.15. The van der Waals surface area contributed by atoms with E-state index in [1.165, 1.54) is 5.56 Å². The summed E-state index contributed by atoms with van der Waals surface area (Å²) in [4.78, 5) is 10.7. The topological polar surface area (TPSA) is 17.1 Å². The lowest BCUT2D eigenvalue weighted by Gasteiger charge is -1.99. The van der Waals surface area contributed by atoms with Gasteiger partial charge in [0.2, 0.25) is 0 Å². The highest BCUT2D eigenvalue weighted by molar-refractivity contribution is 5.75. The Hall–Kier alpha value is -1.37. The summed E-state index contributed by atoms with van der Waals surface area (Å²) < 4.78 is 0. The fraction of sp³-hybridized carbons (Fsp3) is 0.250. The van der Waals surface area contributed by atoms with Gasteiger partial charge in [0.05, 0.1) is 0 Å². The van der Waals surface area contributed by atoms with Crippen LogP contribution in [0.5, 0.6) is 0 Å². The molecule has 0 spiro atoms. The summed E-state index contributed by atoms with van der Waals surface area (Å²) in [5.41, 5.74) is 2.33. The molecule has 1 aromatic carbocycles. The van der Waals surface area contributed by atoms with Crippen molar-refractivity contribution in [2.75, 3.05) is 0 Å². The van der Waals surface area contributed by atoms with Crippen LogP contribution in [-0.4, -0.2) is 5.78 Å². The monoisotopic (exact) mass is 174 g/mol. The number of carbonyl (C=O) groups excluding carboxylic acids is 1. The summed E-state index contributed by atoms with van der Waals surface area (Å²) in [6.45, 7) is 5.30. The van der Waals surface area contributed by atoms with Crippen molar-refractivity contribution in [1.29, 1.82) is 0 Å². The van der Waals surface area contributed by atoms with Gasteiger partial charge in [0.15, 0.2) is 0 Å². The average molecular weight is 174 g/mol. The van der Waals surface area contributed by atoms with Crippen LogP contribution in [-0.2, 0) is 11.2 Å². The molecule has 0 saturated heterocycles. The lowest BCUT2D eigenvalue weighted by Crippen LogP contribution is -1.93. The van der Waals surface area contributed by atoms with Gasteiger partial charge in [0.25, 0.3) is 0 Å². The van der Waals surface area contributed by atoms with E-state index in [0.717, 1.165) is 12.0 Å². The Labute approximate surface area is 79.1 Å². The van der Waals surface area contributed by atoms with Crippen molar-refractivity contribution in [3.8, 4) is 0 Å². The van der Waals surface area contributed by atoms with Crippen LogP contribution in [0.3, 0.4) is 0 Å². The third-order valence-electron chi connectivity index (χ3n) is 1.98. The number of aryl methyl sites for hydroxylation is 1. The van der Waals surface area contributed by atoms with E-state index in [1.54, 1.807) is 6.92 Å². The zero-order valence-corrected chi connectivity index (χ0v) is 7.92. The fourth-order valence-corrected chi connectivity index (χ4v) is 1.14. The zero-order valence-electron chi connectivity index (χ0n) is 7.92. The highest BCUT2D eigenvalue weighted by Gasteiger charge is 1.95. The molecule has 1 nitrogen and oxygen atoms in total. The Morgan fingerprint density at radius 3 is 2.46 bits per heavy atom. The summed E-state index contributed by atoms with van der Waals surface area (Å²) in [6.07, 6.45) is 3.29. The van der Waals surface area contributed by atoms with Crippen molar-refractivity contribution >= 4 is 11.9 Å². The third-order valence-corrected chi connectivity index (χ3v) is 1.98. The summed E-state index contributed by atoms with van der Waals surface area (Å²) >= 11 is 0. The second kappa shape index (κ2) is 4.61. The van der Waals surface area contributed by atoms with E-state index in [-0.39, 0.29) is 5.78 Å². The van der Waals surface area contributed by atoms with E-state index >= 15 is 0 Å². The Kier molecular flexibility index (Phi) is 3.44. The molecule has 13 heavy (non-hydrogen) atoms. The van der Waals surface area contributed by atoms with Crippen LogP contribution in [0.25, 0.3) is 6.08 Å². The normalized spacial score (nSPS) is 9.62. The first-order valence-corrected chi connectivity index (χ1v) is 4.43. The van der Waals surface area contributed by atoms with Gasteiger partial charge in [-0.2, -0.15) is 0 Å². The number of benzene rings is 1. The number of Topliss-reactive ketones (excluding diaryl/α,β-unsaturated/α-hetero) is 1. The minimum Gasteiger partial charge on any atom is -0.300 e. The quantitative estimate of drug-likeness (QED) is 0.686.